The standard InChI is InChI=1S/C30H26N2O3/c1-21-7-9-22(10-8-21)20-32-30(34)26-18-23(11-16-29(31)33)17-25(19-26)24-12-14-28(15-13-24)35-27-5-3-2-4-6-27/h2-19H,20H2,1H3,(H2,31,33)(H,32,34)/b16-11+. The molecule has 2 amide bonds. The normalized spacial score (nSPS) is 10.8. The van der Waals surface area contributed by atoms with E-state index in [4.69, 9.17) is 10.5 Å². The first kappa shape index (κ1) is 23.5. The SMILES string of the molecule is Cc1ccc(CNC(=O)c2cc(/C=C/C(N)=O)cc(-c3ccc(Oc4ccccc4)cc3)c2)cc1. The number of aryl methyl sites for hydroxylation is 1. The molecule has 0 aliphatic carbocycles. The van der Waals surface area contributed by atoms with Gasteiger partial charge in [-0.2, -0.15) is 0 Å². The van der Waals surface area contributed by atoms with Gasteiger partial charge in [0.1, 0.15) is 11.5 Å². The van der Waals surface area contributed by atoms with Crippen LogP contribution in [-0.2, 0) is 11.3 Å². The molecule has 35 heavy (non-hydrogen) atoms. The highest BCUT2D eigenvalue weighted by atomic mass is 16.5. The summed E-state index contributed by atoms with van der Waals surface area (Å²) in [6.45, 7) is 2.44. The fourth-order valence-electron chi connectivity index (χ4n) is 3.55. The fraction of sp³-hybridized carbons (Fsp3) is 0.0667. The van der Waals surface area contributed by atoms with Gasteiger partial charge >= 0.3 is 0 Å². The van der Waals surface area contributed by atoms with Gasteiger partial charge in [-0.15, -0.1) is 0 Å². The third kappa shape index (κ3) is 6.68. The van der Waals surface area contributed by atoms with Crippen LogP contribution >= 0.6 is 0 Å². The number of hydrogen-bond acceptors (Lipinski definition) is 3. The zero-order valence-electron chi connectivity index (χ0n) is 19.4. The van der Waals surface area contributed by atoms with Gasteiger partial charge in [0.2, 0.25) is 5.91 Å². The quantitative estimate of drug-likeness (QED) is 0.321. The molecule has 4 aromatic rings. The van der Waals surface area contributed by atoms with E-state index in [0.29, 0.717) is 23.4 Å². The molecule has 0 fully saturated rings. The zero-order valence-corrected chi connectivity index (χ0v) is 19.4. The number of nitrogens with two attached hydrogens (primary N) is 1. The van der Waals surface area contributed by atoms with Crippen LogP contribution in [0.5, 0.6) is 11.5 Å². The average Bonchev–Trinajstić information content (AvgIpc) is 2.88. The third-order valence-corrected chi connectivity index (χ3v) is 5.40. The van der Waals surface area contributed by atoms with Crippen molar-refractivity contribution in [1.82, 2.24) is 5.32 Å². The molecule has 0 atom stereocenters. The molecule has 4 aromatic carbocycles. The number of benzene rings is 4. The number of nitrogens with one attached hydrogen (secondary N) is 1. The lowest BCUT2D eigenvalue weighted by Gasteiger charge is -2.11. The molecule has 5 nitrogen and oxygen atoms in total. The van der Waals surface area contributed by atoms with E-state index in [1.807, 2.05) is 97.9 Å². The van der Waals surface area contributed by atoms with Gasteiger partial charge in [0.15, 0.2) is 0 Å². The number of amides is 2. The van der Waals surface area contributed by atoms with Crippen LogP contribution in [0.25, 0.3) is 17.2 Å². The van der Waals surface area contributed by atoms with Gasteiger partial charge in [-0.05, 0) is 77.7 Å². The Kier molecular flexibility index (Phi) is 7.38. The largest absolute Gasteiger partial charge is 0.457 e. The van der Waals surface area contributed by atoms with E-state index >= 15 is 0 Å². The summed E-state index contributed by atoms with van der Waals surface area (Å²) in [4.78, 5) is 24.2. The molecule has 4 rings (SSSR count). The van der Waals surface area contributed by atoms with Gasteiger partial charge in [0.05, 0.1) is 0 Å². The van der Waals surface area contributed by atoms with Crippen molar-refractivity contribution in [2.75, 3.05) is 0 Å². The Bertz CT molecular complexity index is 1340. The molecule has 0 saturated heterocycles. The predicted octanol–water partition coefficient (Wildman–Crippen LogP) is 5.88. The van der Waals surface area contributed by atoms with Crippen molar-refractivity contribution in [1.29, 1.82) is 0 Å². The minimum atomic E-state index is -0.553. The van der Waals surface area contributed by atoms with Crippen molar-refractivity contribution in [2.24, 2.45) is 5.73 Å². The summed E-state index contributed by atoms with van der Waals surface area (Å²) in [5, 5.41) is 2.97. The Labute approximate surface area is 204 Å². The van der Waals surface area contributed by atoms with Crippen LogP contribution in [0, 0.1) is 6.92 Å². The van der Waals surface area contributed by atoms with Crippen LogP contribution in [0.2, 0.25) is 0 Å². The first-order valence-corrected chi connectivity index (χ1v) is 11.3. The second-order valence-corrected chi connectivity index (χ2v) is 8.19. The third-order valence-electron chi connectivity index (χ3n) is 5.40. The smallest absolute Gasteiger partial charge is 0.251 e. The summed E-state index contributed by atoms with van der Waals surface area (Å²) in [6, 6.07) is 30.7. The maximum Gasteiger partial charge on any atom is 0.251 e. The summed E-state index contributed by atoms with van der Waals surface area (Å²) in [5.74, 6) is 0.709. The summed E-state index contributed by atoms with van der Waals surface area (Å²) in [7, 11) is 0. The highest BCUT2D eigenvalue weighted by molar-refractivity contribution is 5.97. The first-order valence-electron chi connectivity index (χ1n) is 11.3. The molecule has 0 spiro atoms. The van der Waals surface area contributed by atoms with Crippen LogP contribution in [0.3, 0.4) is 0 Å². The average molecular weight is 463 g/mol. The number of primary amides is 1. The van der Waals surface area contributed by atoms with E-state index in [0.717, 1.165) is 22.4 Å². The number of carbonyl (C=O) groups is 2. The molecule has 0 saturated carbocycles. The number of hydrogen-bond donors (Lipinski definition) is 2. The van der Waals surface area contributed by atoms with Crippen LogP contribution in [-0.4, -0.2) is 11.8 Å². The number of ether oxygens (including phenoxy) is 1. The van der Waals surface area contributed by atoms with Crippen molar-refractivity contribution >= 4 is 17.9 Å². The first-order chi connectivity index (χ1) is 17.0. The highest BCUT2D eigenvalue weighted by Gasteiger charge is 2.10. The molecule has 0 aliphatic heterocycles. The van der Waals surface area contributed by atoms with Gasteiger partial charge in [-0.25, -0.2) is 0 Å². The second kappa shape index (κ2) is 11.0. The van der Waals surface area contributed by atoms with Crippen LogP contribution < -0.4 is 15.8 Å². The lowest BCUT2D eigenvalue weighted by atomic mass is 9.99. The van der Waals surface area contributed by atoms with Crippen LogP contribution in [0.1, 0.15) is 27.0 Å². The Morgan fingerprint density at radius 3 is 2.20 bits per heavy atom. The Balaban J connectivity index is 1.57. The number of carbonyl (C=O) groups excluding carboxylic acids is 2. The minimum absolute atomic E-state index is 0.204. The number of para-hydroxylation sites is 1. The summed E-state index contributed by atoms with van der Waals surface area (Å²) in [5.41, 5.74) is 10.4. The highest BCUT2D eigenvalue weighted by Crippen LogP contribution is 2.27. The van der Waals surface area contributed by atoms with Gasteiger partial charge < -0.3 is 15.8 Å². The maximum absolute atomic E-state index is 13.0. The van der Waals surface area contributed by atoms with E-state index in [9.17, 15) is 9.59 Å². The monoisotopic (exact) mass is 462 g/mol. The van der Waals surface area contributed by atoms with Crippen molar-refractivity contribution < 1.29 is 14.3 Å². The maximum atomic E-state index is 13.0. The molecule has 3 N–H and O–H groups in total. The Morgan fingerprint density at radius 2 is 1.51 bits per heavy atom. The van der Waals surface area contributed by atoms with Crippen molar-refractivity contribution in [3.8, 4) is 22.6 Å². The van der Waals surface area contributed by atoms with Crippen LogP contribution in [0.4, 0.5) is 0 Å². The van der Waals surface area contributed by atoms with Crippen molar-refractivity contribution in [3.63, 3.8) is 0 Å². The fourth-order valence-corrected chi connectivity index (χ4v) is 3.55. The minimum Gasteiger partial charge on any atom is -0.457 e. The van der Waals surface area contributed by atoms with Gasteiger partial charge in [-0.1, -0.05) is 60.2 Å². The van der Waals surface area contributed by atoms with Crippen molar-refractivity contribution in [3.05, 3.63) is 125 Å². The molecular formula is C30H26N2O3. The van der Waals surface area contributed by atoms with Crippen LogP contribution in [0.15, 0.2) is 103 Å². The molecule has 5 heteroatoms. The summed E-state index contributed by atoms with van der Waals surface area (Å²) in [6.07, 6.45) is 2.89. The van der Waals surface area contributed by atoms with Gasteiger partial charge in [-0.3, -0.25) is 9.59 Å². The number of rotatable bonds is 8. The topological polar surface area (TPSA) is 81.4 Å². The predicted molar refractivity (Wildman–Crippen MR) is 139 cm³/mol. The second-order valence-electron chi connectivity index (χ2n) is 8.19. The molecule has 0 unspecified atom stereocenters. The van der Waals surface area contributed by atoms with E-state index in [-0.39, 0.29) is 5.91 Å². The molecule has 174 valence electrons. The lowest BCUT2D eigenvalue weighted by Crippen LogP contribution is -2.22. The van der Waals surface area contributed by atoms with Gasteiger partial charge in [0, 0.05) is 18.2 Å². The Morgan fingerprint density at radius 1 is 0.829 bits per heavy atom. The van der Waals surface area contributed by atoms with E-state index < -0.39 is 5.91 Å². The van der Waals surface area contributed by atoms with E-state index in [1.165, 1.54) is 11.6 Å². The summed E-state index contributed by atoms with van der Waals surface area (Å²) >= 11 is 0. The molecule has 0 heterocycles. The Hall–Kier alpha value is -4.64. The van der Waals surface area contributed by atoms with E-state index in [1.54, 1.807) is 12.1 Å². The van der Waals surface area contributed by atoms with Gasteiger partial charge in [0.25, 0.3) is 5.91 Å². The zero-order chi connectivity index (χ0) is 24.6. The molecular weight excluding hydrogens is 436 g/mol. The van der Waals surface area contributed by atoms with E-state index in [2.05, 4.69) is 5.32 Å². The summed E-state index contributed by atoms with van der Waals surface area (Å²) < 4.78 is 5.87. The molecule has 0 bridgehead atoms. The molecule has 0 radical (unpaired) electrons. The molecule has 0 aliphatic rings. The van der Waals surface area contributed by atoms with Crippen molar-refractivity contribution in [2.45, 2.75) is 13.5 Å². The molecule has 0 aromatic heterocycles. The lowest BCUT2D eigenvalue weighted by molar-refractivity contribution is -0.113.